The van der Waals surface area contributed by atoms with Crippen LogP contribution in [-0.2, 0) is 11.4 Å². The molecule has 1 aliphatic rings. The first-order chi connectivity index (χ1) is 16.5. The van der Waals surface area contributed by atoms with Crippen LogP contribution in [0.3, 0.4) is 0 Å². The largest absolute Gasteiger partial charge is 0.495 e. The summed E-state index contributed by atoms with van der Waals surface area (Å²) in [5.41, 5.74) is 3.49. The second kappa shape index (κ2) is 10.9. The molecule has 3 aromatic rings. The maximum absolute atomic E-state index is 12.6. The fourth-order valence-corrected chi connectivity index (χ4v) is 5.04. The Morgan fingerprint density at radius 3 is 2.56 bits per heavy atom. The van der Waals surface area contributed by atoms with Gasteiger partial charge in [0, 0.05) is 0 Å². The summed E-state index contributed by atoms with van der Waals surface area (Å²) in [7, 11) is 3.22. The van der Waals surface area contributed by atoms with Crippen molar-refractivity contribution in [3.8, 4) is 17.2 Å². The predicted octanol–water partition coefficient (Wildman–Crippen LogP) is 5.95. The lowest BCUT2D eigenvalue weighted by Crippen LogP contribution is -2.31. The zero-order valence-corrected chi connectivity index (χ0v) is 21.5. The molecule has 0 spiro atoms. The van der Waals surface area contributed by atoms with Crippen molar-refractivity contribution in [3.05, 3.63) is 86.7 Å². The summed E-state index contributed by atoms with van der Waals surface area (Å²) in [6.07, 6.45) is 1.84. The third-order valence-corrected chi connectivity index (χ3v) is 6.77. The highest BCUT2D eigenvalue weighted by Crippen LogP contribution is 2.39. The summed E-state index contributed by atoms with van der Waals surface area (Å²) in [5, 5.41) is 6.29. The number of methoxy groups -OCH3 is 2. The number of hydrogen-bond acceptors (Lipinski definition) is 6. The lowest BCUT2D eigenvalue weighted by atomic mass is 10.2. The molecule has 1 heterocycles. The van der Waals surface area contributed by atoms with Crippen LogP contribution in [0.4, 0.5) is 5.69 Å². The molecule has 8 heteroatoms. The molecule has 4 rings (SSSR count). The minimum absolute atomic E-state index is 0.145. The van der Waals surface area contributed by atoms with Crippen molar-refractivity contribution in [2.24, 2.45) is 0 Å². The van der Waals surface area contributed by atoms with Crippen molar-refractivity contribution in [2.75, 3.05) is 19.5 Å². The number of nitrogens with one attached hydrogen (secondary N) is 2. The van der Waals surface area contributed by atoms with Crippen molar-refractivity contribution in [1.29, 1.82) is 0 Å². The summed E-state index contributed by atoms with van der Waals surface area (Å²) in [4.78, 5) is 13.2. The number of rotatable bonds is 8. The highest BCUT2D eigenvalue weighted by atomic mass is 79.9. The van der Waals surface area contributed by atoms with Gasteiger partial charge in [-0.25, -0.2) is 0 Å². The van der Waals surface area contributed by atoms with Gasteiger partial charge in [-0.2, -0.15) is 0 Å². The van der Waals surface area contributed by atoms with Gasteiger partial charge in [0.1, 0.15) is 12.4 Å². The molecule has 0 aliphatic carbocycles. The summed E-state index contributed by atoms with van der Waals surface area (Å²) < 4.78 is 17.7. The number of carbonyl (C=O) groups excluding carboxylic acids is 1. The molecule has 6 nitrogen and oxygen atoms in total. The van der Waals surface area contributed by atoms with Gasteiger partial charge in [-0.3, -0.25) is 4.79 Å². The fourth-order valence-electron chi connectivity index (χ4n) is 3.49. The smallest absolute Gasteiger partial charge is 0.260 e. The van der Waals surface area contributed by atoms with Gasteiger partial charge in [0.05, 0.1) is 29.3 Å². The van der Waals surface area contributed by atoms with E-state index in [0.717, 1.165) is 32.6 Å². The van der Waals surface area contributed by atoms with Gasteiger partial charge in [-0.05, 0) is 69.9 Å². The van der Waals surface area contributed by atoms with E-state index in [2.05, 4.69) is 26.6 Å². The van der Waals surface area contributed by atoms with E-state index in [4.69, 9.17) is 14.2 Å². The second-order valence-electron chi connectivity index (χ2n) is 7.64. The molecule has 34 heavy (non-hydrogen) atoms. The maximum atomic E-state index is 12.6. The molecule has 1 atom stereocenters. The summed E-state index contributed by atoms with van der Waals surface area (Å²) in [6.45, 7) is 2.43. The second-order valence-corrected chi connectivity index (χ2v) is 9.64. The molecule has 0 bridgehead atoms. The Morgan fingerprint density at radius 1 is 1.06 bits per heavy atom. The lowest BCUT2D eigenvalue weighted by molar-refractivity contribution is -0.116. The Morgan fingerprint density at radius 2 is 1.82 bits per heavy atom. The van der Waals surface area contributed by atoms with Crippen LogP contribution in [-0.4, -0.2) is 25.6 Å². The molecule has 3 aromatic carbocycles. The first kappa shape index (κ1) is 24.0. The SMILES string of the molecule is COc1ccc(C)cc1NC1NC(=O)/C(=C/c2cc(Br)c(OCc3ccccc3)c(OC)c2)S1. The molecule has 1 saturated heterocycles. The average Bonchev–Trinajstić information content (AvgIpc) is 3.17. The molecular formula is C26H25BrN2O4S. The molecule has 1 fully saturated rings. The van der Waals surface area contributed by atoms with E-state index in [1.165, 1.54) is 11.8 Å². The molecule has 1 aliphatic heterocycles. The molecule has 1 amide bonds. The fraction of sp³-hybridized carbons (Fsp3) is 0.192. The number of anilines is 1. The third kappa shape index (κ3) is 5.69. The van der Waals surface area contributed by atoms with Crippen LogP contribution >= 0.6 is 27.7 Å². The van der Waals surface area contributed by atoms with Gasteiger partial charge in [-0.15, -0.1) is 0 Å². The Labute approximate surface area is 211 Å². The number of carbonyl (C=O) groups is 1. The van der Waals surface area contributed by atoms with Gasteiger partial charge < -0.3 is 24.8 Å². The zero-order chi connectivity index (χ0) is 24.1. The van der Waals surface area contributed by atoms with Crippen LogP contribution < -0.4 is 24.8 Å². The minimum atomic E-state index is -0.312. The number of halogens is 1. The van der Waals surface area contributed by atoms with Gasteiger partial charge in [0.2, 0.25) is 0 Å². The van der Waals surface area contributed by atoms with E-state index in [9.17, 15) is 4.79 Å². The van der Waals surface area contributed by atoms with Crippen molar-refractivity contribution >= 4 is 45.4 Å². The van der Waals surface area contributed by atoms with Crippen LogP contribution in [0.5, 0.6) is 17.2 Å². The first-order valence-electron chi connectivity index (χ1n) is 10.6. The van der Waals surface area contributed by atoms with Gasteiger partial charge in [0.25, 0.3) is 5.91 Å². The van der Waals surface area contributed by atoms with Crippen molar-refractivity contribution < 1.29 is 19.0 Å². The normalized spacial score (nSPS) is 16.3. The molecule has 2 N–H and O–H groups in total. The van der Waals surface area contributed by atoms with Gasteiger partial charge in [0.15, 0.2) is 17.0 Å². The minimum Gasteiger partial charge on any atom is -0.495 e. The maximum Gasteiger partial charge on any atom is 0.260 e. The van der Waals surface area contributed by atoms with Gasteiger partial charge >= 0.3 is 0 Å². The molecule has 0 aromatic heterocycles. The number of aryl methyl sites for hydroxylation is 1. The van der Waals surface area contributed by atoms with Crippen LogP contribution in [0.1, 0.15) is 16.7 Å². The summed E-state index contributed by atoms with van der Waals surface area (Å²) >= 11 is 5.00. The number of ether oxygens (including phenoxy) is 3. The van der Waals surface area contributed by atoms with E-state index in [1.807, 2.05) is 73.7 Å². The van der Waals surface area contributed by atoms with Crippen LogP contribution in [0, 0.1) is 6.92 Å². The standard InChI is InChI=1S/C26H25BrN2O4S/c1-16-9-10-21(31-2)20(11-16)28-26-29-25(30)23(34-26)14-18-12-19(27)24(22(13-18)32-3)33-15-17-7-5-4-6-8-17/h4-14,26,28H,15H2,1-3H3,(H,29,30)/b23-14-. The van der Waals surface area contributed by atoms with Crippen LogP contribution in [0.15, 0.2) is 70.0 Å². The van der Waals surface area contributed by atoms with Crippen molar-refractivity contribution in [1.82, 2.24) is 5.32 Å². The Kier molecular flexibility index (Phi) is 7.70. The first-order valence-corrected chi connectivity index (χ1v) is 12.3. The quantitative estimate of drug-likeness (QED) is 0.344. The molecule has 176 valence electrons. The van der Waals surface area contributed by atoms with Crippen LogP contribution in [0.2, 0.25) is 0 Å². The summed E-state index contributed by atoms with van der Waals surface area (Å²) in [6, 6.07) is 19.6. The van der Waals surface area contributed by atoms with Crippen molar-refractivity contribution in [3.63, 3.8) is 0 Å². The topological polar surface area (TPSA) is 68.8 Å². The van der Waals surface area contributed by atoms with Gasteiger partial charge in [-0.1, -0.05) is 48.2 Å². The molecule has 1 unspecified atom stereocenters. The average molecular weight is 541 g/mol. The Hall–Kier alpha value is -3.10. The molecule has 0 radical (unpaired) electrons. The number of hydrogen-bond donors (Lipinski definition) is 2. The lowest BCUT2D eigenvalue weighted by Gasteiger charge is -2.16. The highest BCUT2D eigenvalue weighted by molar-refractivity contribution is 9.10. The van der Waals surface area contributed by atoms with E-state index in [0.29, 0.717) is 23.0 Å². The Bertz CT molecular complexity index is 1220. The van der Waals surface area contributed by atoms with Crippen LogP contribution in [0.25, 0.3) is 6.08 Å². The predicted molar refractivity (Wildman–Crippen MR) is 140 cm³/mol. The third-order valence-electron chi connectivity index (χ3n) is 5.15. The monoisotopic (exact) mass is 540 g/mol. The number of thioether (sulfide) groups is 1. The van der Waals surface area contributed by atoms with Crippen molar-refractivity contribution in [2.45, 2.75) is 19.0 Å². The highest BCUT2D eigenvalue weighted by Gasteiger charge is 2.28. The molecule has 0 saturated carbocycles. The van der Waals surface area contributed by atoms with E-state index >= 15 is 0 Å². The van der Waals surface area contributed by atoms with E-state index in [1.54, 1.807) is 14.2 Å². The number of amides is 1. The summed E-state index contributed by atoms with van der Waals surface area (Å²) in [5.74, 6) is 1.77. The number of benzene rings is 3. The molecular weight excluding hydrogens is 516 g/mol. The Balaban J connectivity index is 1.50. The van der Waals surface area contributed by atoms with E-state index < -0.39 is 0 Å². The van der Waals surface area contributed by atoms with E-state index in [-0.39, 0.29) is 11.4 Å². The zero-order valence-electron chi connectivity index (χ0n) is 19.1.